The molecule has 2 unspecified atom stereocenters. The van der Waals surface area contributed by atoms with Crippen LogP contribution in [-0.4, -0.2) is 25.1 Å². The van der Waals surface area contributed by atoms with Crippen LogP contribution in [0.5, 0.6) is 5.75 Å². The summed E-state index contributed by atoms with van der Waals surface area (Å²) in [5.41, 5.74) is 1.13. The molecule has 0 aliphatic rings. The highest BCUT2D eigenvalue weighted by Crippen LogP contribution is 2.17. The first kappa shape index (κ1) is 15.5. The molecule has 1 aromatic rings. The minimum Gasteiger partial charge on any atom is -0.497 e. The number of carbonyl (C=O) groups is 1. The Balaban J connectivity index is 2.57. The van der Waals surface area contributed by atoms with Crippen LogP contribution in [-0.2, 0) is 4.79 Å². The molecule has 106 valence electrons. The van der Waals surface area contributed by atoms with E-state index < -0.39 is 0 Å². The first-order valence-electron chi connectivity index (χ1n) is 6.64. The smallest absolute Gasteiger partial charge is 0.237 e. The lowest BCUT2D eigenvalue weighted by atomic mass is 10.1. The second-order valence-corrected chi connectivity index (χ2v) is 5.05. The highest BCUT2D eigenvalue weighted by Gasteiger charge is 2.16. The van der Waals surface area contributed by atoms with Gasteiger partial charge in [0.1, 0.15) is 5.75 Å². The third kappa shape index (κ3) is 4.91. The van der Waals surface area contributed by atoms with Crippen LogP contribution in [0.1, 0.15) is 39.3 Å². The van der Waals surface area contributed by atoms with Gasteiger partial charge in [-0.15, -0.1) is 0 Å². The van der Waals surface area contributed by atoms with Crippen molar-refractivity contribution >= 4 is 5.91 Å². The van der Waals surface area contributed by atoms with Gasteiger partial charge < -0.3 is 10.1 Å². The van der Waals surface area contributed by atoms with E-state index >= 15 is 0 Å². The van der Waals surface area contributed by atoms with E-state index in [1.54, 1.807) is 7.11 Å². The topological polar surface area (TPSA) is 50.4 Å². The summed E-state index contributed by atoms with van der Waals surface area (Å²) in [5, 5.41) is 6.18. The summed E-state index contributed by atoms with van der Waals surface area (Å²) in [7, 11) is 1.65. The van der Waals surface area contributed by atoms with Gasteiger partial charge in [0.2, 0.25) is 5.91 Å². The minimum absolute atomic E-state index is 0.0235. The summed E-state index contributed by atoms with van der Waals surface area (Å²) in [6, 6.07) is 7.90. The summed E-state index contributed by atoms with van der Waals surface area (Å²) in [6.45, 7) is 7.83. The Bertz CT molecular complexity index is 401. The standard InChI is InChI=1S/C15H24N2O2/c1-10(2)16-15(18)12(4)17-11(3)13-6-8-14(19-5)9-7-13/h6-12,17H,1-5H3,(H,16,18). The molecule has 0 aliphatic carbocycles. The lowest BCUT2D eigenvalue weighted by Crippen LogP contribution is -2.45. The zero-order chi connectivity index (χ0) is 14.4. The van der Waals surface area contributed by atoms with E-state index in [4.69, 9.17) is 4.74 Å². The number of ether oxygens (including phenoxy) is 1. The third-order valence-corrected chi connectivity index (χ3v) is 2.94. The van der Waals surface area contributed by atoms with Gasteiger partial charge in [0, 0.05) is 12.1 Å². The first-order valence-corrected chi connectivity index (χ1v) is 6.64. The number of hydrogen-bond donors (Lipinski definition) is 2. The molecule has 4 nitrogen and oxygen atoms in total. The lowest BCUT2D eigenvalue weighted by molar-refractivity contribution is -0.123. The lowest BCUT2D eigenvalue weighted by Gasteiger charge is -2.21. The zero-order valence-corrected chi connectivity index (χ0v) is 12.4. The van der Waals surface area contributed by atoms with Crippen LogP contribution in [0.3, 0.4) is 0 Å². The maximum absolute atomic E-state index is 11.8. The SMILES string of the molecule is COc1ccc(C(C)NC(C)C(=O)NC(C)C)cc1. The fourth-order valence-corrected chi connectivity index (χ4v) is 1.85. The van der Waals surface area contributed by atoms with Crippen molar-refractivity contribution in [3.63, 3.8) is 0 Å². The van der Waals surface area contributed by atoms with E-state index in [2.05, 4.69) is 10.6 Å². The highest BCUT2D eigenvalue weighted by atomic mass is 16.5. The summed E-state index contributed by atoms with van der Waals surface area (Å²) >= 11 is 0. The Morgan fingerprint density at radius 1 is 1.11 bits per heavy atom. The van der Waals surface area contributed by atoms with Crippen LogP contribution in [0.2, 0.25) is 0 Å². The van der Waals surface area contributed by atoms with E-state index in [1.165, 1.54) is 0 Å². The molecule has 1 aromatic carbocycles. The molecule has 0 spiro atoms. The molecule has 19 heavy (non-hydrogen) atoms. The monoisotopic (exact) mass is 264 g/mol. The second kappa shape index (κ2) is 7.14. The van der Waals surface area contributed by atoms with Crippen LogP contribution < -0.4 is 15.4 Å². The number of nitrogens with one attached hydrogen (secondary N) is 2. The fourth-order valence-electron chi connectivity index (χ4n) is 1.85. The van der Waals surface area contributed by atoms with Crippen LogP contribution in [0.15, 0.2) is 24.3 Å². The maximum atomic E-state index is 11.8. The summed E-state index contributed by atoms with van der Waals surface area (Å²) < 4.78 is 5.13. The van der Waals surface area contributed by atoms with Crippen LogP contribution in [0, 0.1) is 0 Å². The number of benzene rings is 1. The van der Waals surface area contributed by atoms with E-state index in [0.717, 1.165) is 11.3 Å². The molecular weight excluding hydrogens is 240 g/mol. The van der Waals surface area contributed by atoms with Gasteiger partial charge in [-0.1, -0.05) is 12.1 Å². The van der Waals surface area contributed by atoms with Gasteiger partial charge in [0.05, 0.1) is 13.2 Å². The summed E-state index contributed by atoms with van der Waals surface area (Å²) in [4.78, 5) is 11.8. The van der Waals surface area contributed by atoms with Gasteiger partial charge in [0.15, 0.2) is 0 Å². The van der Waals surface area contributed by atoms with Crippen molar-refractivity contribution < 1.29 is 9.53 Å². The molecule has 0 bridgehead atoms. The molecule has 0 heterocycles. The zero-order valence-electron chi connectivity index (χ0n) is 12.4. The Hall–Kier alpha value is -1.55. The number of rotatable bonds is 6. The minimum atomic E-state index is -0.223. The van der Waals surface area contributed by atoms with Crippen LogP contribution >= 0.6 is 0 Å². The molecule has 1 amide bonds. The van der Waals surface area contributed by atoms with Crippen molar-refractivity contribution in [2.75, 3.05) is 7.11 Å². The predicted octanol–water partition coefficient (Wildman–Crippen LogP) is 2.26. The Morgan fingerprint density at radius 3 is 2.16 bits per heavy atom. The summed E-state index contributed by atoms with van der Waals surface area (Å²) in [6.07, 6.45) is 0. The molecule has 0 saturated carbocycles. The number of amides is 1. The number of methoxy groups -OCH3 is 1. The van der Waals surface area contributed by atoms with Crippen LogP contribution in [0.4, 0.5) is 0 Å². The van der Waals surface area contributed by atoms with Gasteiger partial charge >= 0.3 is 0 Å². The quantitative estimate of drug-likeness (QED) is 0.828. The molecule has 0 saturated heterocycles. The van der Waals surface area contributed by atoms with Crippen molar-refractivity contribution in [1.29, 1.82) is 0 Å². The van der Waals surface area contributed by atoms with Crippen molar-refractivity contribution in [3.05, 3.63) is 29.8 Å². The molecule has 1 rings (SSSR count). The average Bonchev–Trinajstić information content (AvgIpc) is 2.37. The highest BCUT2D eigenvalue weighted by molar-refractivity contribution is 5.81. The van der Waals surface area contributed by atoms with Gasteiger partial charge in [-0.2, -0.15) is 0 Å². The molecule has 2 atom stereocenters. The van der Waals surface area contributed by atoms with Gasteiger partial charge in [-0.25, -0.2) is 0 Å². The van der Waals surface area contributed by atoms with Crippen molar-refractivity contribution in [1.82, 2.24) is 10.6 Å². The average molecular weight is 264 g/mol. The van der Waals surface area contributed by atoms with Crippen molar-refractivity contribution in [3.8, 4) is 5.75 Å². The maximum Gasteiger partial charge on any atom is 0.237 e. The van der Waals surface area contributed by atoms with Gasteiger partial charge in [-0.05, 0) is 45.4 Å². The van der Waals surface area contributed by atoms with Crippen molar-refractivity contribution in [2.45, 2.75) is 45.8 Å². The third-order valence-electron chi connectivity index (χ3n) is 2.94. The largest absolute Gasteiger partial charge is 0.497 e. The Morgan fingerprint density at radius 2 is 1.68 bits per heavy atom. The number of carbonyl (C=O) groups excluding carboxylic acids is 1. The molecule has 0 aliphatic heterocycles. The van der Waals surface area contributed by atoms with Crippen molar-refractivity contribution in [2.24, 2.45) is 0 Å². The first-order chi connectivity index (χ1) is 8.93. The molecule has 4 heteroatoms. The normalized spacial score (nSPS) is 14.0. The van der Waals surface area contributed by atoms with Gasteiger partial charge in [-0.3, -0.25) is 10.1 Å². The van der Waals surface area contributed by atoms with Crippen LogP contribution in [0.25, 0.3) is 0 Å². The molecule has 0 fully saturated rings. The Labute approximate surface area is 115 Å². The molecule has 2 N–H and O–H groups in total. The van der Waals surface area contributed by atoms with E-state index in [9.17, 15) is 4.79 Å². The summed E-state index contributed by atoms with van der Waals surface area (Å²) in [5.74, 6) is 0.858. The van der Waals surface area contributed by atoms with E-state index in [1.807, 2.05) is 52.0 Å². The van der Waals surface area contributed by atoms with Gasteiger partial charge in [0.25, 0.3) is 0 Å². The molecule has 0 aromatic heterocycles. The van der Waals surface area contributed by atoms with E-state index in [-0.39, 0.29) is 24.0 Å². The number of hydrogen-bond acceptors (Lipinski definition) is 3. The second-order valence-electron chi connectivity index (χ2n) is 5.05. The molecule has 0 radical (unpaired) electrons. The fraction of sp³-hybridized carbons (Fsp3) is 0.533. The molecular formula is C15H24N2O2. The Kier molecular flexibility index (Phi) is 5.83. The predicted molar refractivity (Wildman–Crippen MR) is 77.3 cm³/mol. The van der Waals surface area contributed by atoms with E-state index in [0.29, 0.717) is 0 Å².